The van der Waals surface area contributed by atoms with Crippen molar-refractivity contribution in [1.82, 2.24) is 0 Å². The van der Waals surface area contributed by atoms with Crippen molar-refractivity contribution in [3.63, 3.8) is 0 Å². The Hall–Kier alpha value is -3.09. The Balaban J connectivity index is 2.65. The maximum absolute atomic E-state index is 14.4. The van der Waals surface area contributed by atoms with Crippen LogP contribution in [0, 0.1) is 5.82 Å². The van der Waals surface area contributed by atoms with Crippen LogP contribution in [-0.2, 0) is 9.53 Å². The molecule has 1 amide bonds. The molecule has 0 unspecified atom stereocenters. The smallest absolute Gasteiger partial charge is 0.337 e. The monoisotopic (exact) mass is 361 g/mol. The first-order valence-electron chi connectivity index (χ1n) is 7.74. The summed E-state index contributed by atoms with van der Waals surface area (Å²) in [6, 6.07) is 8.60. The van der Waals surface area contributed by atoms with Crippen LogP contribution in [0.3, 0.4) is 0 Å². The summed E-state index contributed by atoms with van der Waals surface area (Å²) in [5.74, 6) is -1.26. The van der Waals surface area contributed by atoms with Crippen LogP contribution >= 0.6 is 0 Å². The number of hydrogen-bond acceptors (Lipinski definition) is 5. The molecule has 0 saturated heterocycles. The molecule has 0 aliphatic carbocycles. The van der Waals surface area contributed by atoms with E-state index in [-0.39, 0.29) is 16.9 Å². The Morgan fingerprint density at radius 3 is 2.31 bits per heavy atom. The third-order valence-electron chi connectivity index (χ3n) is 3.82. The summed E-state index contributed by atoms with van der Waals surface area (Å²) in [5, 5.41) is 0. The van der Waals surface area contributed by atoms with Crippen molar-refractivity contribution >= 4 is 11.9 Å². The van der Waals surface area contributed by atoms with Crippen LogP contribution in [-0.4, -0.2) is 31.7 Å². The van der Waals surface area contributed by atoms with Crippen LogP contribution in [0.1, 0.15) is 24.2 Å². The Kier molecular flexibility index (Phi) is 5.50. The molecule has 0 heterocycles. The van der Waals surface area contributed by atoms with Gasteiger partial charge in [0.1, 0.15) is 17.3 Å². The fourth-order valence-electron chi connectivity index (χ4n) is 2.24. The maximum Gasteiger partial charge on any atom is 0.337 e. The Labute approximate surface area is 150 Å². The lowest BCUT2D eigenvalue weighted by Gasteiger charge is -2.25. The van der Waals surface area contributed by atoms with Gasteiger partial charge in [0.2, 0.25) is 0 Å². The predicted octanol–water partition coefficient (Wildman–Crippen LogP) is 2.93. The molecule has 2 aromatic rings. The van der Waals surface area contributed by atoms with Crippen LogP contribution in [0.4, 0.5) is 4.39 Å². The number of esters is 1. The Morgan fingerprint density at radius 1 is 1.04 bits per heavy atom. The molecule has 2 aromatic carbocycles. The van der Waals surface area contributed by atoms with Gasteiger partial charge in [0.05, 0.1) is 19.8 Å². The Morgan fingerprint density at radius 2 is 1.73 bits per heavy atom. The summed E-state index contributed by atoms with van der Waals surface area (Å²) in [7, 11) is 2.71. The van der Waals surface area contributed by atoms with Crippen molar-refractivity contribution < 1.29 is 28.2 Å². The molecule has 0 bridgehead atoms. The van der Waals surface area contributed by atoms with E-state index < -0.39 is 23.3 Å². The maximum atomic E-state index is 14.4. The van der Waals surface area contributed by atoms with E-state index in [0.717, 1.165) is 0 Å². The largest absolute Gasteiger partial charge is 0.497 e. The highest BCUT2D eigenvalue weighted by Crippen LogP contribution is 2.36. The molecule has 0 aliphatic heterocycles. The molecule has 0 aliphatic rings. The second kappa shape index (κ2) is 7.43. The van der Waals surface area contributed by atoms with Gasteiger partial charge in [-0.2, -0.15) is 0 Å². The summed E-state index contributed by atoms with van der Waals surface area (Å²) < 4.78 is 29.9. The number of carbonyl (C=O) groups is 2. The number of rotatable bonds is 6. The average molecular weight is 361 g/mol. The highest BCUT2D eigenvalue weighted by Gasteiger charge is 2.29. The fraction of sp³-hybridized carbons (Fsp3) is 0.263. The van der Waals surface area contributed by atoms with E-state index in [1.807, 2.05) is 0 Å². The number of benzene rings is 2. The van der Waals surface area contributed by atoms with Gasteiger partial charge in [-0.15, -0.1) is 0 Å². The third kappa shape index (κ3) is 3.93. The summed E-state index contributed by atoms with van der Waals surface area (Å²) in [6.45, 7) is 2.96. The second-order valence-electron chi connectivity index (χ2n) is 6.02. The first-order valence-corrected chi connectivity index (χ1v) is 7.74. The van der Waals surface area contributed by atoms with Crippen molar-refractivity contribution in [2.75, 3.05) is 14.2 Å². The van der Waals surface area contributed by atoms with E-state index in [1.54, 1.807) is 0 Å². The van der Waals surface area contributed by atoms with Gasteiger partial charge >= 0.3 is 5.97 Å². The standard InChI is InChI=1S/C19H20FNO5/c1-19(2,18(21)23)26-16-9-11(17(22)25-4)5-7-13(16)14-10-12(24-3)6-8-15(14)20/h5-10H,1-4H3,(H2,21,23). The van der Waals surface area contributed by atoms with Crippen molar-refractivity contribution in [2.45, 2.75) is 19.4 Å². The highest BCUT2D eigenvalue weighted by atomic mass is 19.1. The average Bonchev–Trinajstić information content (AvgIpc) is 2.61. The molecule has 0 atom stereocenters. The lowest BCUT2D eigenvalue weighted by atomic mass is 10.0. The first-order chi connectivity index (χ1) is 12.2. The van der Waals surface area contributed by atoms with Crippen LogP contribution in [0.2, 0.25) is 0 Å². The highest BCUT2D eigenvalue weighted by molar-refractivity contribution is 5.91. The molecule has 2 N–H and O–H groups in total. The van der Waals surface area contributed by atoms with Gasteiger partial charge in [0, 0.05) is 11.1 Å². The molecule has 138 valence electrons. The van der Waals surface area contributed by atoms with Crippen LogP contribution in [0.25, 0.3) is 11.1 Å². The number of nitrogens with two attached hydrogens (primary N) is 1. The van der Waals surface area contributed by atoms with E-state index in [1.165, 1.54) is 64.5 Å². The first kappa shape index (κ1) is 19.2. The van der Waals surface area contributed by atoms with Gasteiger partial charge in [-0.3, -0.25) is 4.79 Å². The summed E-state index contributed by atoms with van der Waals surface area (Å²) >= 11 is 0. The summed E-state index contributed by atoms with van der Waals surface area (Å²) in [4.78, 5) is 23.4. The van der Waals surface area contributed by atoms with E-state index in [9.17, 15) is 14.0 Å². The molecule has 2 rings (SSSR count). The quantitative estimate of drug-likeness (QED) is 0.799. The minimum absolute atomic E-state index is 0.115. The van der Waals surface area contributed by atoms with Crippen LogP contribution in [0.15, 0.2) is 36.4 Å². The number of methoxy groups -OCH3 is 2. The van der Waals surface area contributed by atoms with Gasteiger partial charge < -0.3 is 19.9 Å². The molecule has 7 heteroatoms. The van der Waals surface area contributed by atoms with Crippen LogP contribution in [0.5, 0.6) is 11.5 Å². The fourth-order valence-corrected chi connectivity index (χ4v) is 2.24. The van der Waals surface area contributed by atoms with Gasteiger partial charge in [-0.1, -0.05) is 0 Å². The van der Waals surface area contributed by atoms with Crippen molar-refractivity contribution in [1.29, 1.82) is 0 Å². The van der Waals surface area contributed by atoms with Crippen molar-refractivity contribution in [2.24, 2.45) is 5.73 Å². The number of primary amides is 1. The minimum Gasteiger partial charge on any atom is -0.497 e. The molecular formula is C19H20FNO5. The van der Waals surface area contributed by atoms with E-state index >= 15 is 0 Å². The topological polar surface area (TPSA) is 87.8 Å². The molecule has 0 spiro atoms. The van der Waals surface area contributed by atoms with Crippen molar-refractivity contribution in [3.8, 4) is 22.6 Å². The molecule has 0 saturated carbocycles. The Bertz CT molecular complexity index is 848. The van der Waals surface area contributed by atoms with E-state index in [0.29, 0.717) is 11.3 Å². The third-order valence-corrected chi connectivity index (χ3v) is 3.82. The lowest BCUT2D eigenvalue weighted by Crippen LogP contribution is -2.43. The number of amides is 1. The SMILES string of the molecule is COC(=O)c1ccc(-c2cc(OC)ccc2F)c(OC(C)(C)C(N)=O)c1. The minimum atomic E-state index is -1.38. The van der Waals surface area contributed by atoms with Gasteiger partial charge in [-0.25, -0.2) is 9.18 Å². The number of carbonyl (C=O) groups excluding carboxylic acids is 2. The van der Waals surface area contributed by atoms with Crippen molar-refractivity contribution in [3.05, 3.63) is 47.8 Å². The zero-order valence-electron chi connectivity index (χ0n) is 15.0. The number of ether oxygens (including phenoxy) is 3. The molecular weight excluding hydrogens is 341 g/mol. The van der Waals surface area contributed by atoms with Gasteiger partial charge in [-0.05, 0) is 50.2 Å². The lowest BCUT2D eigenvalue weighted by molar-refractivity contribution is -0.130. The summed E-state index contributed by atoms with van der Waals surface area (Å²) in [5.41, 5.74) is 4.70. The molecule has 26 heavy (non-hydrogen) atoms. The molecule has 0 fully saturated rings. The van der Waals surface area contributed by atoms with Crippen LogP contribution < -0.4 is 15.2 Å². The van der Waals surface area contributed by atoms with Gasteiger partial charge in [0.25, 0.3) is 5.91 Å². The molecule has 0 radical (unpaired) electrons. The zero-order chi connectivity index (χ0) is 19.5. The summed E-state index contributed by atoms with van der Waals surface area (Å²) in [6.07, 6.45) is 0. The predicted molar refractivity (Wildman–Crippen MR) is 93.6 cm³/mol. The second-order valence-corrected chi connectivity index (χ2v) is 6.02. The zero-order valence-corrected chi connectivity index (χ0v) is 15.0. The van der Waals surface area contributed by atoms with Gasteiger partial charge in [0.15, 0.2) is 5.60 Å². The molecule has 0 aromatic heterocycles. The van der Waals surface area contributed by atoms with E-state index in [2.05, 4.69) is 0 Å². The molecule has 6 nitrogen and oxygen atoms in total. The normalized spacial score (nSPS) is 11.0. The van der Waals surface area contributed by atoms with E-state index in [4.69, 9.17) is 19.9 Å². The number of halogens is 1. The number of hydrogen-bond donors (Lipinski definition) is 1.